The fourth-order valence-electron chi connectivity index (χ4n) is 3.37. The summed E-state index contributed by atoms with van der Waals surface area (Å²) in [7, 11) is 0. The second-order valence-corrected chi connectivity index (χ2v) is 8.08. The molecule has 0 saturated heterocycles. The molecule has 170 valence electrons. The van der Waals surface area contributed by atoms with Crippen LogP contribution in [0.4, 0.5) is 0 Å². The summed E-state index contributed by atoms with van der Waals surface area (Å²) in [5, 5.41) is 11.8. The van der Waals surface area contributed by atoms with Crippen molar-refractivity contribution >= 4 is 11.9 Å². The van der Waals surface area contributed by atoms with Crippen molar-refractivity contribution in [3.63, 3.8) is 0 Å². The van der Waals surface area contributed by atoms with Crippen LogP contribution in [0.5, 0.6) is 0 Å². The zero-order valence-corrected chi connectivity index (χ0v) is 18.8. The third-order valence-corrected chi connectivity index (χ3v) is 5.25. The van der Waals surface area contributed by atoms with Crippen molar-refractivity contribution in [3.8, 4) is 0 Å². The van der Waals surface area contributed by atoms with Gasteiger partial charge in [0.25, 0.3) is 0 Å². The topological polar surface area (TPSA) is 92.4 Å². The van der Waals surface area contributed by atoms with Crippen molar-refractivity contribution < 1.29 is 14.7 Å². The number of rotatable bonds is 21. The van der Waals surface area contributed by atoms with E-state index in [9.17, 15) is 14.7 Å². The van der Waals surface area contributed by atoms with Crippen LogP contribution in [0.2, 0.25) is 0 Å². The Labute approximate surface area is 178 Å². The predicted octanol–water partition coefficient (Wildman–Crippen LogP) is 5.72. The van der Waals surface area contributed by atoms with Gasteiger partial charge in [0.2, 0.25) is 5.91 Å². The molecule has 0 aliphatic carbocycles. The zero-order valence-electron chi connectivity index (χ0n) is 18.8. The van der Waals surface area contributed by atoms with Crippen LogP contribution in [-0.2, 0) is 9.59 Å². The monoisotopic (exact) mass is 410 g/mol. The molecule has 0 heterocycles. The van der Waals surface area contributed by atoms with Gasteiger partial charge in [0.1, 0.15) is 6.04 Å². The van der Waals surface area contributed by atoms with Gasteiger partial charge in [-0.2, -0.15) is 0 Å². The molecule has 1 amide bonds. The molecule has 0 aromatic carbocycles. The Morgan fingerprint density at radius 3 is 1.93 bits per heavy atom. The van der Waals surface area contributed by atoms with E-state index in [-0.39, 0.29) is 5.91 Å². The van der Waals surface area contributed by atoms with E-state index < -0.39 is 12.0 Å². The normalized spacial score (nSPS) is 12.3. The molecule has 0 bridgehead atoms. The molecule has 0 aromatic heterocycles. The first-order chi connectivity index (χ1) is 14.1. The van der Waals surface area contributed by atoms with Gasteiger partial charge in [0.15, 0.2) is 0 Å². The Kier molecular flexibility index (Phi) is 20.3. The van der Waals surface area contributed by atoms with E-state index >= 15 is 0 Å². The van der Waals surface area contributed by atoms with Crippen molar-refractivity contribution in [1.82, 2.24) is 5.32 Å². The molecular weight excluding hydrogens is 364 g/mol. The second kappa shape index (κ2) is 21.4. The molecule has 0 saturated carbocycles. The third-order valence-electron chi connectivity index (χ3n) is 5.25. The number of hydrogen-bond acceptors (Lipinski definition) is 3. The molecule has 5 heteroatoms. The Morgan fingerprint density at radius 2 is 1.38 bits per heavy atom. The largest absolute Gasteiger partial charge is 0.480 e. The number of amides is 1. The van der Waals surface area contributed by atoms with Gasteiger partial charge in [-0.15, -0.1) is 0 Å². The molecule has 0 fully saturated rings. The average molecular weight is 411 g/mol. The molecule has 0 spiro atoms. The number of nitrogens with one attached hydrogen (secondary N) is 1. The number of hydrogen-bond donors (Lipinski definition) is 3. The number of nitrogens with two attached hydrogens (primary N) is 1. The van der Waals surface area contributed by atoms with Crippen molar-refractivity contribution in [2.75, 3.05) is 6.54 Å². The number of unbranched alkanes of at least 4 members (excludes halogenated alkanes) is 12. The van der Waals surface area contributed by atoms with E-state index in [0.29, 0.717) is 19.4 Å². The van der Waals surface area contributed by atoms with Crippen molar-refractivity contribution in [1.29, 1.82) is 0 Å². The van der Waals surface area contributed by atoms with Gasteiger partial charge in [-0.05, 0) is 57.9 Å². The van der Waals surface area contributed by atoms with Crippen LogP contribution in [0.3, 0.4) is 0 Å². The van der Waals surface area contributed by atoms with E-state index in [1.807, 2.05) is 0 Å². The van der Waals surface area contributed by atoms with Crippen LogP contribution in [0.1, 0.15) is 116 Å². The Bertz CT molecular complexity index is 424. The van der Waals surface area contributed by atoms with Crippen molar-refractivity contribution in [2.24, 2.45) is 5.73 Å². The van der Waals surface area contributed by atoms with Gasteiger partial charge < -0.3 is 16.2 Å². The number of carbonyl (C=O) groups is 2. The summed E-state index contributed by atoms with van der Waals surface area (Å²) >= 11 is 0. The van der Waals surface area contributed by atoms with Crippen LogP contribution in [0, 0.1) is 0 Å². The Morgan fingerprint density at radius 1 is 0.828 bits per heavy atom. The van der Waals surface area contributed by atoms with Crippen LogP contribution in [0.25, 0.3) is 0 Å². The second-order valence-electron chi connectivity index (χ2n) is 8.08. The number of carbonyl (C=O) groups excluding carboxylic acids is 1. The van der Waals surface area contributed by atoms with Gasteiger partial charge in [0.05, 0.1) is 0 Å². The smallest absolute Gasteiger partial charge is 0.326 e. The zero-order chi connectivity index (χ0) is 21.6. The quantitative estimate of drug-likeness (QED) is 0.167. The highest BCUT2D eigenvalue weighted by molar-refractivity contribution is 5.83. The predicted molar refractivity (Wildman–Crippen MR) is 122 cm³/mol. The van der Waals surface area contributed by atoms with Gasteiger partial charge in [-0.25, -0.2) is 4.79 Å². The van der Waals surface area contributed by atoms with Gasteiger partial charge in [0, 0.05) is 6.42 Å². The SMILES string of the molecule is CCCCCCCCC=CCCCCCCCC(=O)N[C@@H](CCCCN)C(=O)O. The molecule has 1 atom stereocenters. The lowest BCUT2D eigenvalue weighted by Gasteiger charge is -2.14. The molecule has 4 N–H and O–H groups in total. The van der Waals surface area contributed by atoms with E-state index in [4.69, 9.17) is 5.73 Å². The number of allylic oxidation sites excluding steroid dienone is 2. The number of carboxylic acid groups (broad SMARTS) is 1. The van der Waals surface area contributed by atoms with Crippen LogP contribution >= 0.6 is 0 Å². The molecule has 0 unspecified atom stereocenters. The summed E-state index contributed by atoms with van der Waals surface area (Å²) in [5.74, 6) is -1.11. The summed E-state index contributed by atoms with van der Waals surface area (Å²) < 4.78 is 0. The summed E-state index contributed by atoms with van der Waals surface area (Å²) in [5.41, 5.74) is 5.42. The van der Waals surface area contributed by atoms with Gasteiger partial charge in [-0.1, -0.05) is 70.4 Å². The molecule has 5 nitrogen and oxygen atoms in total. The minimum atomic E-state index is -0.958. The lowest BCUT2D eigenvalue weighted by atomic mass is 10.1. The minimum Gasteiger partial charge on any atom is -0.480 e. The summed E-state index contributed by atoms with van der Waals surface area (Å²) in [6.07, 6.45) is 22.9. The highest BCUT2D eigenvalue weighted by atomic mass is 16.4. The third kappa shape index (κ3) is 19.7. The molecule has 0 radical (unpaired) electrons. The maximum Gasteiger partial charge on any atom is 0.326 e. The highest BCUT2D eigenvalue weighted by Gasteiger charge is 2.18. The standard InChI is InChI=1S/C24H46N2O3/c1-2-3-4-5-6-7-8-9-10-11-12-13-14-15-16-20-23(27)26-22(24(28)29)19-17-18-21-25/h9-10,22H,2-8,11-21,25H2,1H3,(H,26,27)(H,28,29)/t22-/m0/s1. The lowest BCUT2D eigenvalue weighted by Crippen LogP contribution is -2.40. The fourth-order valence-corrected chi connectivity index (χ4v) is 3.37. The fraction of sp³-hybridized carbons (Fsp3) is 0.833. The van der Waals surface area contributed by atoms with Crippen molar-refractivity contribution in [2.45, 2.75) is 122 Å². The molecule has 0 aromatic rings. The molecular formula is C24H46N2O3. The molecule has 0 aliphatic heterocycles. The lowest BCUT2D eigenvalue weighted by molar-refractivity contribution is -0.142. The van der Waals surface area contributed by atoms with Gasteiger partial charge >= 0.3 is 5.97 Å². The first-order valence-corrected chi connectivity index (χ1v) is 12.0. The summed E-state index contributed by atoms with van der Waals surface area (Å²) in [4.78, 5) is 23.1. The Hall–Kier alpha value is -1.36. The van der Waals surface area contributed by atoms with Crippen LogP contribution in [0.15, 0.2) is 12.2 Å². The molecule has 0 rings (SSSR count). The highest BCUT2D eigenvalue weighted by Crippen LogP contribution is 2.10. The van der Waals surface area contributed by atoms with E-state index in [1.165, 1.54) is 57.8 Å². The maximum atomic E-state index is 11.9. The Balaban J connectivity index is 3.51. The average Bonchev–Trinajstić information content (AvgIpc) is 2.70. The van der Waals surface area contributed by atoms with Crippen LogP contribution in [-0.4, -0.2) is 29.6 Å². The van der Waals surface area contributed by atoms with Gasteiger partial charge in [-0.3, -0.25) is 4.79 Å². The van der Waals surface area contributed by atoms with Crippen LogP contribution < -0.4 is 11.1 Å². The minimum absolute atomic E-state index is 0.150. The van der Waals surface area contributed by atoms with Crippen molar-refractivity contribution in [3.05, 3.63) is 12.2 Å². The molecule has 0 aliphatic rings. The number of carboxylic acids is 1. The van der Waals surface area contributed by atoms with E-state index in [0.717, 1.165) is 38.5 Å². The van der Waals surface area contributed by atoms with E-state index in [1.54, 1.807) is 0 Å². The van der Waals surface area contributed by atoms with E-state index in [2.05, 4.69) is 24.4 Å². The summed E-state index contributed by atoms with van der Waals surface area (Å²) in [6, 6.07) is -0.780. The number of aliphatic carboxylic acids is 1. The molecule has 29 heavy (non-hydrogen) atoms. The first kappa shape index (κ1) is 27.6. The first-order valence-electron chi connectivity index (χ1n) is 12.0. The summed E-state index contributed by atoms with van der Waals surface area (Å²) in [6.45, 7) is 2.80. The maximum absolute atomic E-state index is 11.9.